The van der Waals surface area contributed by atoms with Crippen LogP contribution in [0.15, 0.2) is 40.9 Å². The van der Waals surface area contributed by atoms with Crippen LogP contribution in [0.2, 0.25) is 0 Å². The summed E-state index contributed by atoms with van der Waals surface area (Å²) in [7, 11) is 1.57. The number of rotatable bonds is 5. The largest absolute Gasteiger partial charge is 0.496 e. The zero-order valence-electron chi connectivity index (χ0n) is 11.2. The highest BCUT2D eigenvalue weighted by molar-refractivity contribution is 9.10. The van der Waals surface area contributed by atoms with Crippen molar-refractivity contribution >= 4 is 21.6 Å². The van der Waals surface area contributed by atoms with Crippen LogP contribution in [-0.4, -0.2) is 18.8 Å². The lowest BCUT2D eigenvalue weighted by Crippen LogP contribution is -2.12. The summed E-state index contributed by atoms with van der Waals surface area (Å²) in [6, 6.07) is 8.72. The molecule has 1 unspecified atom stereocenters. The SMILES string of the molecule is COc1ccc(NCC(O)c2ccc(F)c(F)c2)cc1Br. The van der Waals surface area contributed by atoms with Crippen molar-refractivity contribution in [3.8, 4) is 5.75 Å². The van der Waals surface area contributed by atoms with E-state index in [1.807, 2.05) is 0 Å². The Balaban J connectivity index is 2.01. The molecule has 0 fully saturated rings. The molecule has 2 aromatic carbocycles. The number of hydrogen-bond donors (Lipinski definition) is 2. The maximum Gasteiger partial charge on any atom is 0.159 e. The van der Waals surface area contributed by atoms with E-state index < -0.39 is 17.7 Å². The van der Waals surface area contributed by atoms with Gasteiger partial charge in [0.15, 0.2) is 11.6 Å². The van der Waals surface area contributed by atoms with Gasteiger partial charge >= 0.3 is 0 Å². The molecule has 2 N–H and O–H groups in total. The van der Waals surface area contributed by atoms with Crippen LogP contribution in [0.5, 0.6) is 5.75 Å². The van der Waals surface area contributed by atoms with E-state index in [4.69, 9.17) is 4.74 Å². The smallest absolute Gasteiger partial charge is 0.159 e. The molecule has 0 bridgehead atoms. The minimum Gasteiger partial charge on any atom is -0.496 e. The minimum absolute atomic E-state index is 0.170. The summed E-state index contributed by atoms with van der Waals surface area (Å²) in [6.07, 6.45) is -0.944. The number of hydrogen-bond acceptors (Lipinski definition) is 3. The second-order valence-corrected chi connectivity index (χ2v) is 5.27. The maximum absolute atomic E-state index is 13.1. The van der Waals surface area contributed by atoms with E-state index in [-0.39, 0.29) is 6.54 Å². The quantitative estimate of drug-likeness (QED) is 0.853. The molecule has 21 heavy (non-hydrogen) atoms. The van der Waals surface area contributed by atoms with Gasteiger partial charge in [0.25, 0.3) is 0 Å². The number of aliphatic hydroxyl groups is 1. The lowest BCUT2D eigenvalue weighted by atomic mass is 10.1. The number of halogens is 3. The summed E-state index contributed by atoms with van der Waals surface area (Å²) < 4.78 is 31.8. The zero-order valence-corrected chi connectivity index (χ0v) is 12.8. The van der Waals surface area contributed by atoms with Crippen LogP contribution in [0, 0.1) is 11.6 Å². The average molecular weight is 358 g/mol. The molecular formula is C15H14BrF2NO2. The Morgan fingerprint density at radius 3 is 2.57 bits per heavy atom. The molecule has 0 aliphatic rings. The van der Waals surface area contributed by atoms with Gasteiger partial charge < -0.3 is 15.2 Å². The first-order chi connectivity index (χ1) is 10.0. The predicted molar refractivity (Wildman–Crippen MR) is 80.5 cm³/mol. The number of ether oxygens (including phenoxy) is 1. The van der Waals surface area contributed by atoms with E-state index >= 15 is 0 Å². The maximum atomic E-state index is 13.1. The summed E-state index contributed by atoms with van der Waals surface area (Å²) >= 11 is 3.36. The molecule has 0 saturated carbocycles. The molecule has 0 amide bonds. The van der Waals surface area contributed by atoms with Gasteiger partial charge in [0.2, 0.25) is 0 Å². The lowest BCUT2D eigenvalue weighted by molar-refractivity contribution is 0.191. The van der Waals surface area contributed by atoms with E-state index in [2.05, 4.69) is 21.2 Å². The van der Waals surface area contributed by atoms with E-state index in [9.17, 15) is 13.9 Å². The van der Waals surface area contributed by atoms with E-state index in [0.29, 0.717) is 11.3 Å². The Hall–Kier alpha value is -1.66. The first kappa shape index (κ1) is 15.7. The first-order valence-electron chi connectivity index (χ1n) is 6.21. The zero-order chi connectivity index (χ0) is 15.4. The normalized spacial score (nSPS) is 12.0. The number of nitrogens with one attached hydrogen (secondary N) is 1. The summed E-state index contributed by atoms with van der Waals surface area (Å²) in [6.45, 7) is 0.170. The number of aliphatic hydroxyl groups excluding tert-OH is 1. The molecule has 2 aromatic rings. The van der Waals surface area contributed by atoms with Gasteiger partial charge in [-0.15, -0.1) is 0 Å². The Labute approximate surface area is 129 Å². The third-order valence-corrected chi connectivity index (χ3v) is 3.60. The molecule has 3 nitrogen and oxygen atoms in total. The van der Waals surface area contributed by atoms with Gasteiger partial charge in [0.05, 0.1) is 17.7 Å². The summed E-state index contributed by atoms with van der Waals surface area (Å²) in [5.74, 6) is -1.21. The molecule has 0 radical (unpaired) electrons. The van der Waals surface area contributed by atoms with E-state index in [0.717, 1.165) is 22.3 Å². The number of benzene rings is 2. The third-order valence-electron chi connectivity index (χ3n) is 2.98. The van der Waals surface area contributed by atoms with E-state index in [1.54, 1.807) is 25.3 Å². The fourth-order valence-electron chi connectivity index (χ4n) is 1.83. The van der Waals surface area contributed by atoms with Crippen molar-refractivity contribution in [2.24, 2.45) is 0 Å². The fraction of sp³-hybridized carbons (Fsp3) is 0.200. The van der Waals surface area contributed by atoms with Gasteiger partial charge in [-0.05, 0) is 51.8 Å². The van der Waals surface area contributed by atoms with Crippen LogP contribution >= 0.6 is 15.9 Å². The third kappa shape index (κ3) is 3.92. The Morgan fingerprint density at radius 2 is 1.95 bits per heavy atom. The molecule has 0 heterocycles. The van der Waals surface area contributed by atoms with Crippen molar-refractivity contribution in [3.63, 3.8) is 0 Å². The minimum atomic E-state index is -0.973. The molecule has 0 aromatic heterocycles. The molecule has 1 atom stereocenters. The first-order valence-corrected chi connectivity index (χ1v) is 7.01. The molecule has 2 rings (SSSR count). The number of methoxy groups -OCH3 is 1. The second kappa shape index (κ2) is 6.87. The van der Waals surface area contributed by atoms with Gasteiger partial charge in [-0.25, -0.2) is 8.78 Å². The van der Waals surface area contributed by atoms with Crippen molar-refractivity contribution < 1.29 is 18.6 Å². The highest BCUT2D eigenvalue weighted by Crippen LogP contribution is 2.28. The predicted octanol–water partition coefficient (Wildman–Crippen LogP) is 3.88. The molecule has 0 saturated heterocycles. The number of anilines is 1. The molecule has 0 spiro atoms. The van der Waals surface area contributed by atoms with Crippen molar-refractivity contribution in [2.45, 2.75) is 6.10 Å². The highest BCUT2D eigenvalue weighted by Gasteiger charge is 2.11. The van der Waals surface area contributed by atoms with Crippen LogP contribution < -0.4 is 10.1 Å². The summed E-state index contributed by atoms with van der Waals surface area (Å²) in [4.78, 5) is 0. The molecular weight excluding hydrogens is 344 g/mol. The van der Waals surface area contributed by atoms with Crippen molar-refractivity contribution in [2.75, 3.05) is 19.0 Å². The van der Waals surface area contributed by atoms with Crippen molar-refractivity contribution in [3.05, 3.63) is 58.1 Å². The topological polar surface area (TPSA) is 41.5 Å². The Morgan fingerprint density at radius 1 is 1.19 bits per heavy atom. The lowest BCUT2D eigenvalue weighted by Gasteiger charge is -2.14. The summed E-state index contributed by atoms with van der Waals surface area (Å²) in [5, 5.41) is 13.0. The van der Waals surface area contributed by atoms with Gasteiger partial charge in [0, 0.05) is 12.2 Å². The van der Waals surface area contributed by atoms with Gasteiger partial charge in [-0.2, -0.15) is 0 Å². The Bertz CT molecular complexity index is 637. The van der Waals surface area contributed by atoms with Gasteiger partial charge in [0.1, 0.15) is 5.75 Å². The second-order valence-electron chi connectivity index (χ2n) is 4.42. The molecule has 0 aliphatic carbocycles. The van der Waals surface area contributed by atoms with E-state index in [1.165, 1.54) is 6.07 Å². The molecule has 112 valence electrons. The fourth-order valence-corrected chi connectivity index (χ4v) is 2.37. The van der Waals surface area contributed by atoms with Gasteiger partial charge in [-0.3, -0.25) is 0 Å². The van der Waals surface area contributed by atoms with Crippen molar-refractivity contribution in [1.29, 1.82) is 0 Å². The van der Waals surface area contributed by atoms with Crippen LogP contribution in [0.3, 0.4) is 0 Å². The van der Waals surface area contributed by atoms with Crippen LogP contribution in [0.25, 0.3) is 0 Å². The monoisotopic (exact) mass is 357 g/mol. The highest BCUT2D eigenvalue weighted by atomic mass is 79.9. The molecule has 6 heteroatoms. The average Bonchev–Trinajstić information content (AvgIpc) is 2.47. The van der Waals surface area contributed by atoms with Crippen LogP contribution in [-0.2, 0) is 0 Å². The summed E-state index contributed by atoms with van der Waals surface area (Å²) in [5.41, 5.74) is 1.08. The van der Waals surface area contributed by atoms with Crippen molar-refractivity contribution in [1.82, 2.24) is 0 Å². The Kier molecular flexibility index (Phi) is 5.14. The standard InChI is InChI=1S/C15H14BrF2NO2/c1-21-15-5-3-10(7-11(15)16)19-8-14(20)9-2-4-12(17)13(18)6-9/h2-7,14,19-20H,8H2,1H3. The molecule has 0 aliphatic heterocycles. The van der Waals surface area contributed by atoms with Crippen LogP contribution in [0.1, 0.15) is 11.7 Å². The van der Waals surface area contributed by atoms with Gasteiger partial charge in [-0.1, -0.05) is 6.07 Å². The van der Waals surface area contributed by atoms with Crippen LogP contribution in [0.4, 0.5) is 14.5 Å².